The Labute approximate surface area is 84.6 Å². The van der Waals surface area contributed by atoms with E-state index < -0.39 is 0 Å². The topological polar surface area (TPSA) is 47.6 Å². The largest absolute Gasteiger partial charge is 0.497 e. The normalized spacial score (nSPS) is 11.4. The number of aryl methyl sites for hydroxylation is 1. The lowest BCUT2D eigenvalue weighted by Crippen LogP contribution is -1.98. The number of nitrogens with two attached hydrogens (primary N) is 1. The van der Waals surface area contributed by atoms with Gasteiger partial charge in [-0.3, -0.25) is 0 Å². The first-order chi connectivity index (χ1) is 6.76. The Kier molecular flexibility index (Phi) is 3.98. The van der Waals surface area contributed by atoms with Crippen LogP contribution in [0, 0.1) is 0 Å². The molecule has 0 aliphatic carbocycles. The third-order valence-corrected chi connectivity index (χ3v) is 2.15. The molecule has 3 heteroatoms. The number of ether oxygens (including phenoxy) is 1. The highest BCUT2D eigenvalue weighted by Gasteiger charge is 1.96. The summed E-state index contributed by atoms with van der Waals surface area (Å²) in [6.45, 7) is 1.93. The monoisotopic (exact) mass is 192 g/mol. The lowest BCUT2D eigenvalue weighted by atomic mass is 10.1. The Morgan fingerprint density at radius 1 is 1.36 bits per heavy atom. The van der Waals surface area contributed by atoms with Gasteiger partial charge in [0, 0.05) is 5.71 Å². The fourth-order valence-corrected chi connectivity index (χ4v) is 1.18. The van der Waals surface area contributed by atoms with Crippen molar-refractivity contribution in [3.8, 4) is 5.75 Å². The van der Waals surface area contributed by atoms with Crippen LogP contribution in [0.15, 0.2) is 29.4 Å². The molecule has 2 N–H and O–H groups in total. The van der Waals surface area contributed by atoms with E-state index in [4.69, 9.17) is 10.6 Å². The molecular formula is C11H16N2O. The molecule has 0 aromatic heterocycles. The second-order valence-electron chi connectivity index (χ2n) is 3.21. The van der Waals surface area contributed by atoms with Crippen molar-refractivity contribution in [2.45, 2.75) is 19.8 Å². The summed E-state index contributed by atoms with van der Waals surface area (Å²) >= 11 is 0. The van der Waals surface area contributed by atoms with Crippen molar-refractivity contribution in [2.24, 2.45) is 10.9 Å². The highest BCUT2D eigenvalue weighted by atomic mass is 16.5. The highest BCUT2D eigenvalue weighted by molar-refractivity contribution is 5.81. The van der Waals surface area contributed by atoms with Gasteiger partial charge in [0.25, 0.3) is 0 Å². The SMILES string of the molecule is COc1ccc(CCC(C)=NN)cc1. The number of hydrogen-bond donors (Lipinski definition) is 1. The Balaban J connectivity index is 2.52. The van der Waals surface area contributed by atoms with Gasteiger partial charge < -0.3 is 10.6 Å². The van der Waals surface area contributed by atoms with E-state index in [2.05, 4.69) is 17.2 Å². The van der Waals surface area contributed by atoms with Gasteiger partial charge in [0.15, 0.2) is 0 Å². The van der Waals surface area contributed by atoms with Crippen molar-refractivity contribution in [2.75, 3.05) is 7.11 Å². The summed E-state index contributed by atoms with van der Waals surface area (Å²) < 4.78 is 5.07. The summed E-state index contributed by atoms with van der Waals surface area (Å²) in [5.41, 5.74) is 2.25. The fourth-order valence-electron chi connectivity index (χ4n) is 1.18. The summed E-state index contributed by atoms with van der Waals surface area (Å²) in [7, 11) is 1.67. The average molecular weight is 192 g/mol. The van der Waals surface area contributed by atoms with Gasteiger partial charge in [-0.2, -0.15) is 5.10 Å². The van der Waals surface area contributed by atoms with Gasteiger partial charge in [-0.15, -0.1) is 0 Å². The van der Waals surface area contributed by atoms with Crippen LogP contribution in [-0.2, 0) is 6.42 Å². The van der Waals surface area contributed by atoms with Crippen LogP contribution in [0.4, 0.5) is 0 Å². The first kappa shape index (κ1) is 10.6. The number of hydrogen-bond acceptors (Lipinski definition) is 3. The Bertz CT molecular complexity index is 304. The van der Waals surface area contributed by atoms with Crippen LogP contribution in [0.25, 0.3) is 0 Å². The lowest BCUT2D eigenvalue weighted by Gasteiger charge is -2.02. The number of nitrogens with zero attached hydrogens (tertiary/aromatic N) is 1. The molecule has 0 amide bonds. The minimum absolute atomic E-state index is 0.887. The van der Waals surface area contributed by atoms with E-state index in [0.717, 1.165) is 24.3 Å². The van der Waals surface area contributed by atoms with Crippen LogP contribution < -0.4 is 10.6 Å². The molecule has 0 fully saturated rings. The summed E-state index contributed by atoms with van der Waals surface area (Å²) in [6, 6.07) is 8.04. The predicted octanol–water partition coefficient (Wildman–Crippen LogP) is 1.96. The van der Waals surface area contributed by atoms with Gasteiger partial charge in [-0.25, -0.2) is 0 Å². The summed E-state index contributed by atoms with van der Waals surface area (Å²) in [5.74, 6) is 6.04. The molecule has 0 saturated heterocycles. The molecule has 0 spiro atoms. The van der Waals surface area contributed by atoms with Gasteiger partial charge in [0.05, 0.1) is 7.11 Å². The van der Waals surface area contributed by atoms with Gasteiger partial charge in [-0.1, -0.05) is 12.1 Å². The van der Waals surface area contributed by atoms with Crippen molar-refractivity contribution in [3.63, 3.8) is 0 Å². The Morgan fingerprint density at radius 2 is 2.00 bits per heavy atom. The van der Waals surface area contributed by atoms with Crippen LogP contribution in [0.5, 0.6) is 5.75 Å². The quantitative estimate of drug-likeness (QED) is 0.450. The van der Waals surface area contributed by atoms with E-state index >= 15 is 0 Å². The molecule has 0 aliphatic rings. The Hall–Kier alpha value is -1.51. The van der Waals surface area contributed by atoms with E-state index in [0.29, 0.717) is 0 Å². The number of hydrazone groups is 1. The summed E-state index contributed by atoms with van der Waals surface area (Å²) in [4.78, 5) is 0. The summed E-state index contributed by atoms with van der Waals surface area (Å²) in [6.07, 6.45) is 1.87. The molecule has 14 heavy (non-hydrogen) atoms. The van der Waals surface area contributed by atoms with Crippen LogP contribution in [0.1, 0.15) is 18.9 Å². The van der Waals surface area contributed by atoms with Crippen molar-refractivity contribution < 1.29 is 4.74 Å². The maximum absolute atomic E-state index is 5.15. The maximum atomic E-state index is 5.15. The van der Waals surface area contributed by atoms with Crippen LogP contribution in [-0.4, -0.2) is 12.8 Å². The molecule has 0 atom stereocenters. The Morgan fingerprint density at radius 3 is 2.50 bits per heavy atom. The second-order valence-corrected chi connectivity index (χ2v) is 3.21. The molecule has 0 saturated carbocycles. The molecule has 0 radical (unpaired) electrons. The van der Waals surface area contributed by atoms with Crippen molar-refractivity contribution in [1.29, 1.82) is 0 Å². The molecule has 0 bridgehead atoms. The zero-order chi connectivity index (χ0) is 10.4. The van der Waals surface area contributed by atoms with Crippen molar-refractivity contribution in [1.82, 2.24) is 0 Å². The van der Waals surface area contributed by atoms with Gasteiger partial charge in [-0.05, 0) is 37.5 Å². The van der Waals surface area contributed by atoms with E-state index in [9.17, 15) is 0 Å². The predicted molar refractivity (Wildman–Crippen MR) is 58.6 cm³/mol. The number of benzene rings is 1. The third-order valence-electron chi connectivity index (χ3n) is 2.15. The number of methoxy groups -OCH3 is 1. The van der Waals surface area contributed by atoms with Gasteiger partial charge in [0.2, 0.25) is 0 Å². The molecular weight excluding hydrogens is 176 g/mol. The van der Waals surface area contributed by atoms with Crippen molar-refractivity contribution in [3.05, 3.63) is 29.8 Å². The van der Waals surface area contributed by atoms with E-state index in [-0.39, 0.29) is 0 Å². The van der Waals surface area contributed by atoms with E-state index in [1.54, 1.807) is 7.11 Å². The first-order valence-corrected chi connectivity index (χ1v) is 4.62. The highest BCUT2D eigenvalue weighted by Crippen LogP contribution is 2.12. The van der Waals surface area contributed by atoms with Crippen LogP contribution in [0.2, 0.25) is 0 Å². The lowest BCUT2D eigenvalue weighted by molar-refractivity contribution is 0.414. The minimum atomic E-state index is 0.887. The summed E-state index contributed by atoms with van der Waals surface area (Å²) in [5, 5.41) is 3.63. The standard InChI is InChI=1S/C11H16N2O/c1-9(13-12)3-4-10-5-7-11(14-2)8-6-10/h5-8H,3-4,12H2,1-2H3. The van der Waals surface area contributed by atoms with Crippen molar-refractivity contribution >= 4 is 5.71 Å². The van der Waals surface area contributed by atoms with Crippen LogP contribution >= 0.6 is 0 Å². The molecule has 0 unspecified atom stereocenters. The maximum Gasteiger partial charge on any atom is 0.118 e. The molecule has 76 valence electrons. The van der Waals surface area contributed by atoms with Gasteiger partial charge in [0.1, 0.15) is 5.75 Å². The second kappa shape index (κ2) is 5.27. The molecule has 1 rings (SSSR count). The number of rotatable bonds is 4. The molecule has 1 aromatic carbocycles. The van der Waals surface area contributed by atoms with Gasteiger partial charge >= 0.3 is 0 Å². The zero-order valence-electron chi connectivity index (χ0n) is 8.66. The zero-order valence-corrected chi connectivity index (χ0v) is 8.66. The smallest absolute Gasteiger partial charge is 0.118 e. The fraction of sp³-hybridized carbons (Fsp3) is 0.364. The van der Waals surface area contributed by atoms with E-state index in [1.165, 1.54) is 5.56 Å². The average Bonchev–Trinajstić information content (AvgIpc) is 2.26. The first-order valence-electron chi connectivity index (χ1n) is 4.62. The minimum Gasteiger partial charge on any atom is -0.497 e. The molecule has 1 aromatic rings. The van der Waals surface area contributed by atoms with Crippen LogP contribution in [0.3, 0.4) is 0 Å². The molecule has 0 heterocycles. The molecule has 0 aliphatic heterocycles. The third kappa shape index (κ3) is 3.09. The molecule has 3 nitrogen and oxygen atoms in total. The van der Waals surface area contributed by atoms with E-state index in [1.807, 2.05) is 19.1 Å².